The van der Waals surface area contributed by atoms with Gasteiger partial charge in [0.05, 0.1) is 6.61 Å². The molecule has 0 aliphatic rings. The summed E-state index contributed by atoms with van der Waals surface area (Å²) >= 11 is 0. The Kier molecular flexibility index (Phi) is 4.33. The highest BCUT2D eigenvalue weighted by molar-refractivity contribution is 5.13. The molecule has 0 bridgehead atoms. The zero-order valence-corrected chi connectivity index (χ0v) is 10.2. The van der Waals surface area contributed by atoms with Gasteiger partial charge in [-0.25, -0.2) is 4.98 Å². The van der Waals surface area contributed by atoms with Gasteiger partial charge in [-0.15, -0.1) is 0 Å². The van der Waals surface area contributed by atoms with Crippen LogP contribution in [-0.4, -0.2) is 9.55 Å². The molecule has 3 nitrogen and oxygen atoms in total. The van der Waals surface area contributed by atoms with Crippen LogP contribution in [0.2, 0.25) is 0 Å². The number of benzene rings is 1. The first-order chi connectivity index (χ1) is 8.40. The second kappa shape index (κ2) is 6.21. The maximum atomic E-state index is 5.67. The first-order valence-corrected chi connectivity index (χ1v) is 6.02. The van der Waals surface area contributed by atoms with Crippen LogP contribution in [0.5, 0.6) is 0 Å². The van der Waals surface area contributed by atoms with E-state index in [1.165, 1.54) is 5.56 Å². The van der Waals surface area contributed by atoms with Gasteiger partial charge in [0.25, 0.3) is 0 Å². The normalized spacial score (nSPS) is 10.6. The van der Waals surface area contributed by atoms with Crippen molar-refractivity contribution in [2.45, 2.75) is 33.1 Å². The van der Waals surface area contributed by atoms with Crippen molar-refractivity contribution in [3.8, 4) is 0 Å². The second-order valence-electron chi connectivity index (χ2n) is 4.03. The van der Waals surface area contributed by atoms with E-state index in [2.05, 4.69) is 28.6 Å². The van der Waals surface area contributed by atoms with Gasteiger partial charge >= 0.3 is 0 Å². The van der Waals surface area contributed by atoms with Crippen molar-refractivity contribution in [3.63, 3.8) is 0 Å². The molecule has 0 unspecified atom stereocenters. The van der Waals surface area contributed by atoms with Gasteiger partial charge in [0.1, 0.15) is 12.6 Å². The average molecular weight is 230 g/mol. The largest absolute Gasteiger partial charge is 0.356 e. The molecule has 90 valence electrons. The van der Waals surface area contributed by atoms with Gasteiger partial charge in [0, 0.05) is 18.8 Å². The first kappa shape index (κ1) is 11.9. The quantitative estimate of drug-likeness (QED) is 0.762. The molecule has 1 heterocycles. The molecule has 0 saturated heterocycles. The monoisotopic (exact) mass is 230 g/mol. The molecule has 2 rings (SSSR count). The van der Waals surface area contributed by atoms with Gasteiger partial charge in [-0.1, -0.05) is 37.3 Å². The highest BCUT2D eigenvalue weighted by Gasteiger charge is 2.01. The third-order valence-corrected chi connectivity index (χ3v) is 2.62. The second-order valence-corrected chi connectivity index (χ2v) is 4.03. The molecule has 0 atom stereocenters. The lowest BCUT2D eigenvalue weighted by molar-refractivity contribution is 0.0621. The van der Waals surface area contributed by atoms with E-state index >= 15 is 0 Å². The third-order valence-electron chi connectivity index (χ3n) is 2.62. The number of hydrogen-bond acceptors (Lipinski definition) is 2. The Balaban J connectivity index is 1.84. The summed E-state index contributed by atoms with van der Waals surface area (Å²) in [4.78, 5) is 4.31. The zero-order chi connectivity index (χ0) is 11.9. The van der Waals surface area contributed by atoms with E-state index in [9.17, 15) is 0 Å². The Morgan fingerprint density at radius 1 is 1.24 bits per heavy atom. The summed E-state index contributed by atoms with van der Waals surface area (Å²) in [6, 6.07) is 10.2. The Hall–Kier alpha value is -1.61. The van der Waals surface area contributed by atoms with Crippen molar-refractivity contribution in [1.82, 2.24) is 9.55 Å². The lowest BCUT2D eigenvalue weighted by atomic mass is 10.2. The van der Waals surface area contributed by atoms with E-state index in [4.69, 9.17) is 4.74 Å². The fourth-order valence-corrected chi connectivity index (χ4v) is 1.75. The number of nitrogens with zero attached hydrogens (tertiary/aromatic N) is 2. The summed E-state index contributed by atoms with van der Waals surface area (Å²) in [6.45, 7) is 3.37. The predicted molar refractivity (Wildman–Crippen MR) is 67.5 cm³/mol. The Morgan fingerprint density at radius 2 is 2.06 bits per heavy atom. The Morgan fingerprint density at radius 3 is 2.82 bits per heavy atom. The number of hydrogen-bond donors (Lipinski definition) is 0. The number of rotatable bonds is 6. The van der Waals surface area contributed by atoms with Gasteiger partial charge in [-0.3, -0.25) is 0 Å². The lowest BCUT2D eigenvalue weighted by Crippen LogP contribution is -2.06. The van der Waals surface area contributed by atoms with E-state index in [-0.39, 0.29) is 0 Å². The van der Waals surface area contributed by atoms with Crippen LogP contribution < -0.4 is 0 Å². The van der Waals surface area contributed by atoms with Crippen LogP contribution in [0.15, 0.2) is 42.7 Å². The molecule has 1 aromatic carbocycles. The van der Waals surface area contributed by atoms with Crippen molar-refractivity contribution >= 4 is 0 Å². The standard InChI is InChI=1S/C14H18N2O/c1-2-6-14-15-9-10-16(14)12-17-11-13-7-4-3-5-8-13/h3-5,7-10H,2,6,11-12H2,1H3. The Labute approximate surface area is 102 Å². The summed E-state index contributed by atoms with van der Waals surface area (Å²) in [5.41, 5.74) is 1.20. The van der Waals surface area contributed by atoms with E-state index in [0.29, 0.717) is 13.3 Å². The molecule has 0 amide bonds. The summed E-state index contributed by atoms with van der Waals surface area (Å²) in [6.07, 6.45) is 5.91. The molecule has 0 saturated carbocycles. The molecule has 0 aliphatic carbocycles. The van der Waals surface area contributed by atoms with Crippen molar-refractivity contribution in [2.24, 2.45) is 0 Å². The van der Waals surface area contributed by atoms with Gasteiger partial charge in [-0.05, 0) is 12.0 Å². The summed E-state index contributed by atoms with van der Waals surface area (Å²) < 4.78 is 7.74. The molecule has 0 spiro atoms. The molecule has 2 aromatic rings. The minimum Gasteiger partial charge on any atom is -0.356 e. The SMILES string of the molecule is CCCc1nccn1COCc1ccccc1. The van der Waals surface area contributed by atoms with Gasteiger partial charge in [0.2, 0.25) is 0 Å². The smallest absolute Gasteiger partial charge is 0.124 e. The van der Waals surface area contributed by atoms with Crippen LogP contribution in [0.4, 0.5) is 0 Å². The maximum Gasteiger partial charge on any atom is 0.124 e. The first-order valence-electron chi connectivity index (χ1n) is 6.02. The van der Waals surface area contributed by atoms with Gasteiger partial charge < -0.3 is 9.30 Å². The summed E-state index contributed by atoms with van der Waals surface area (Å²) in [5.74, 6) is 1.10. The van der Waals surface area contributed by atoms with Gasteiger partial charge in [0.15, 0.2) is 0 Å². The van der Waals surface area contributed by atoms with E-state index in [1.54, 1.807) is 0 Å². The molecule has 1 aromatic heterocycles. The van der Waals surface area contributed by atoms with E-state index in [1.807, 2.05) is 30.6 Å². The third kappa shape index (κ3) is 3.43. The number of ether oxygens (including phenoxy) is 1. The lowest BCUT2D eigenvalue weighted by Gasteiger charge is -2.08. The molecule has 0 N–H and O–H groups in total. The fraction of sp³-hybridized carbons (Fsp3) is 0.357. The van der Waals surface area contributed by atoms with Crippen LogP contribution in [0, 0.1) is 0 Å². The summed E-state index contributed by atoms with van der Waals surface area (Å²) in [5, 5.41) is 0. The van der Waals surface area contributed by atoms with Gasteiger partial charge in [-0.2, -0.15) is 0 Å². The van der Waals surface area contributed by atoms with Crippen molar-refractivity contribution in [2.75, 3.05) is 0 Å². The predicted octanol–water partition coefficient (Wildman–Crippen LogP) is 3.01. The van der Waals surface area contributed by atoms with E-state index < -0.39 is 0 Å². The Bertz CT molecular complexity index is 436. The minimum atomic E-state index is 0.574. The summed E-state index contributed by atoms with van der Waals surface area (Å²) in [7, 11) is 0. The maximum absolute atomic E-state index is 5.67. The fourth-order valence-electron chi connectivity index (χ4n) is 1.75. The zero-order valence-electron chi connectivity index (χ0n) is 10.2. The van der Waals surface area contributed by atoms with Crippen molar-refractivity contribution < 1.29 is 4.74 Å². The van der Waals surface area contributed by atoms with Crippen LogP contribution in [-0.2, 0) is 24.5 Å². The molecule has 0 aliphatic heterocycles. The van der Waals surface area contributed by atoms with Crippen LogP contribution in [0.3, 0.4) is 0 Å². The molecular weight excluding hydrogens is 212 g/mol. The number of imidazole rings is 1. The minimum absolute atomic E-state index is 0.574. The highest BCUT2D eigenvalue weighted by Crippen LogP contribution is 2.04. The van der Waals surface area contributed by atoms with Crippen molar-refractivity contribution in [1.29, 1.82) is 0 Å². The van der Waals surface area contributed by atoms with Crippen LogP contribution in [0.25, 0.3) is 0 Å². The molecule has 3 heteroatoms. The van der Waals surface area contributed by atoms with E-state index in [0.717, 1.165) is 18.7 Å². The number of aromatic nitrogens is 2. The van der Waals surface area contributed by atoms with Crippen LogP contribution in [0.1, 0.15) is 24.7 Å². The number of aryl methyl sites for hydroxylation is 1. The average Bonchev–Trinajstić information content (AvgIpc) is 2.79. The molecular formula is C14H18N2O. The molecule has 0 radical (unpaired) electrons. The highest BCUT2D eigenvalue weighted by atomic mass is 16.5. The van der Waals surface area contributed by atoms with Crippen molar-refractivity contribution in [3.05, 3.63) is 54.1 Å². The van der Waals surface area contributed by atoms with Crippen LogP contribution >= 0.6 is 0 Å². The molecule has 0 fully saturated rings. The molecule has 17 heavy (non-hydrogen) atoms. The topological polar surface area (TPSA) is 27.1 Å².